The zero-order valence-corrected chi connectivity index (χ0v) is 6.97. The molecule has 0 aliphatic rings. The van der Waals surface area contributed by atoms with Crippen molar-refractivity contribution in [3.8, 4) is 5.19 Å². The number of hydrogen-bond donors (Lipinski definition) is 2. The summed E-state index contributed by atoms with van der Waals surface area (Å²) in [7, 11) is 1.55. The predicted octanol–water partition coefficient (Wildman–Crippen LogP) is 0.144. The van der Waals surface area contributed by atoms with E-state index in [0.717, 1.165) is 4.88 Å². The molecule has 0 aliphatic heterocycles. The van der Waals surface area contributed by atoms with Crippen LogP contribution in [-0.4, -0.2) is 23.8 Å². The van der Waals surface area contributed by atoms with E-state index >= 15 is 0 Å². The van der Waals surface area contributed by atoms with Crippen molar-refractivity contribution in [2.45, 2.75) is 6.04 Å². The fourth-order valence-corrected chi connectivity index (χ4v) is 1.35. The van der Waals surface area contributed by atoms with Crippen LogP contribution in [0.25, 0.3) is 0 Å². The van der Waals surface area contributed by atoms with Gasteiger partial charge in [0, 0.05) is 11.1 Å². The van der Waals surface area contributed by atoms with E-state index in [1.807, 2.05) is 0 Å². The van der Waals surface area contributed by atoms with Crippen LogP contribution in [0.1, 0.15) is 10.9 Å². The fourth-order valence-electron chi connectivity index (χ4n) is 0.626. The van der Waals surface area contributed by atoms with Gasteiger partial charge in [0.25, 0.3) is 5.19 Å². The minimum absolute atomic E-state index is 0.0641. The third kappa shape index (κ3) is 1.89. The molecule has 0 aliphatic carbocycles. The van der Waals surface area contributed by atoms with Gasteiger partial charge in [-0.1, -0.05) is 11.3 Å². The van der Waals surface area contributed by atoms with E-state index in [1.165, 1.54) is 11.3 Å². The Hall–Kier alpha value is -0.650. The van der Waals surface area contributed by atoms with E-state index in [9.17, 15) is 0 Å². The maximum absolute atomic E-state index is 8.68. The summed E-state index contributed by atoms with van der Waals surface area (Å²) in [5, 5.41) is 9.26. The van der Waals surface area contributed by atoms with Gasteiger partial charge in [0.05, 0.1) is 19.8 Å². The highest BCUT2D eigenvalue weighted by molar-refractivity contribution is 7.13. The average molecular weight is 174 g/mol. The maximum atomic E-state index is 8.68. The first-order chi connectivity index (χ1) is 5.27. The number of nitrogens with zero attached hydrogens (tertiary/aromatic N) is 1. The molecule has 4 nitrogen and oxygen atoms in total. The largest absolute Gasteiger partial charge is 0.473 e. The second-order valence-electron chi connectivity index (χ2n) is 2.02. The molecule has 1 rings (SSSR count). The summed E-state index contributed by atoms with van der Waals surface area (Å²) in [5.74, 6) is 0. The molecule has 0 bridgehead atoms. The van der Waals surface area contributed by atoms with Gasteiger partial charge in [-0.05, 0) is 0 Å². The van der Waals surface area contributed by atoms with Crippen LogP contribution in [0, 0.1) is 0 Å². The summed E-state index contributed by atoms with van der Waals surface area (Å²) in [4.78, 5) is 4.75. The van der Waals surface area contributed by atoms with E-state index in [2.05, 4.69) is 4.98 Å². The van der Waals surface area contributed by atoms with Crippen LogP contribution in [0.15, 0.2) is 6.20 Å². The van der Waals surface area contributed by atoms with Crippen molar-refractivity contribution in [1.82, 2.24) is 4.98 Å². The Labute approximate surface area is 68.6 Å². The summed E-state index contributed by atoms with van der Waals surface area (Å²) in [5.41, 5.74) is 5.53. The zero-order valence-electron chi connectivity index (χ0n) is 6.15. The van der Waals surface area contributed by atoms with Crippen LogP contribution in [0.2, 0.25) is 0 Å². The van der Waals surface area contributed by atoms with Crippen molar-refractivity contribution in [2.75, 3.05) is 13.7 Å². The molecular formula is C6H10N2O2S. The summed E-state index contributed by atoms with van der Waals surface area (Å²) in [6, 6.07) is -0.337. The van der Waals surface area contributed by atoms with Crippen molar-refractivity contribution < 1.29 is 9.84 Å². The van der Waals surface area contributed by atoms with E-state index in [4.69, 9.17) is 15.6 Å². The van der Waals surface area contributed by atoms with Crippen molar-refractivity contribution in [1.29, 1.82) is 0 Å². The molecule has 1 heterocycles. The lowest BCUT2D eigenvalue weighted by molar-refractivity contribution is 0.269. The van der Waals surface area contributed by atoms with Crippen LogP contribution in [-0.2, 0) is 0 Å². The number of aromatic nitrogens is 1. The average Bonchev–Trinajstić information content (AvgIpc) is 2.50. The highest BCUT2D eigenvalue weighted by Crippen LogP contribution is 2.23. The van der Waals surface area contributed by atoms with E-state index in [-0.39, 0.29) is 12.6 Å². The van der Waals surface area contributed by atoms with Crippen molar-refractivity contribution >= 4 is 11.3 Å². The number of methoxy groups -OCH3 is 1. The first-order valence-electron chi connectivity index (χ1n) is 3.14. The van der Waals surface area contributed by atoms with E-state index in [1.54, 1.807) is 13.3 Å². The lowest BCUT2D eigenvalue weighted by atomic mass is 10.3. The van der Waals surface area contributed by atoms with Crippen molar-refractivity contribution in [2.24, 2.45) is 5.73 Å². The molecule has 1 atom stereocenters. The number of nitrogens with two attached hydrogens (primary N) is 1. The van der Waals surface area contributed by atoms with Gasteiger partial charge in [-0.15, -0.1) is 0 Å². The van der Waals surface area contributed by atoms with Crippen LogP contribution < -0.4 is 10.5 Å². The molecule has 0 amide bonds. The zero-order chi connectivity index (χ0) is 8.27. The Kier molecular flexibility index (Phi) is 2.81. The molecular weight excluding hydrogens is 164 g/mol. The molecule has 11 heavy (non-hydrogen) atoms. The van der Waals surface area contributed by atoms with Gasteiger partial charge in [0.2, 0.25) is 0 Å². The molecule has 3 N–H and O–H groups in total. The monoisotopic (exact) mass is 174 g/mol. The fraction of sp³-hybridized carbons (Fsp3) is 0.500. The summed E-state index contributed by atoms with van der Waals surface area (Å²) in [6.45, 7) is -0.0641. The SMILES string of the molecule is COc1ncc([C@H](N)CO)s1. The van der Waals surface area contributed by atoms with Gasteiger partial charge in [-0.3, -0.25) is 0 Å². The Balaban J connectivity index is 2.71. The highest BCUT2D eigenvalue weighted by atomic mass is 32.1. The molecule has 0 aromatic carbocycles. The highest BCUT2D eigenvalue weighted by Gasteiger charge is 2.08. The molecule has 1 aromatic rings. The van der Waals surface area contributed by atoms with Gasteiger partial charge >= 0.3 is 0 Å². The standard InChI is InChI=1S/C6H10N2O2S/c1-10-6-8-2-5(11-6)4(7)3-9/h2,4,9H,3,7H2,1H3/t4-/m1/s1. The van der Waals surface area contributed by atoms with Crippen LogP contribution >= 0.6 is 11.3 Å². The molecule has 1 aromatic heterocycles. The van der Waals surface area contributed by atoms with Crippen LogP contribution in [0.3, 0.4) is 0 Å². The predicted molar refractivity (Wildman–Crippen MR) is 42.7 cm³/mol. The minimum Gasteiger partial charge on any atom is -0.473 e. The Bertz CT molecular complexity index is 226. The molecule has 5 heteroatoms. The molecule has 0 spiro atoms. The Morgan fingerprint density at radius 2 is 2.64 bits per heavy atom. The third-order valence-corrected chi connectivity index (χ3v) is 2.33. The second kappa shape index (κ2) is 3.66. The van der Waals surface area contributed by atoms with Crippen LogP contribution in [0.5, 0.6) is 5.19 Å². The van der Waals surface area contributed by atoms with Gasteiger partial charge < -0.3 is 15.6 Å². The van der Waals surface area contributed by atoms with Gasteiger partial charge in [-0.25, -0.2) is 4.98 Å². The number of ether oxygens (including phenoxy) is 1. The second-order valence-corrected chi connectivity index (χ2v) is 3.05. The molecule has 0 saturated heterocycles. The Morgan fingerprint density at radius 3 is 3.09 bits per heavy atom. The van der Waals surface area contributed by atoms with Crippen LogP contribution in [0.4, 0.5) is 0 Å². The summed E-state index contributed by atoms with van der Waals surface area (Å²) in [6.07, 6.45) is 1.62. The lowest BCUT2D eigenvalue weighted by Gasteiger charge is -2.01. The number of aliphatic hydroxyl groups is 1. The number of rotatable bonds is 3. The van der Waals surface area contributed by atoms with Crippen molar-refractivity contribution in [3.63, 3.8) is 0 Å². The quantitative estimate of drug-likeness (QED) is 0.684. The number of aliphatic hydroxyl groups excluding tert-OH is 1. The normalized spacial score (nSPS) is 13.0. The van der Waals surface area contributed by atoms with Gasteiger partial charge in [0.1, 0.15) is 0 Å². The maximum Gasteiger partial charge on any atom is 0.273 e. The number of thiazole rings is 1. The molecule has 62 valence electrons. The summed E-state index contributed by atoms with van der Waals surface area (Å²) < 4.78 is 4.86. The molecule has 0 unspecified atom stereocenters. The first-order valence-corrected chi connectivity index (χ1v) is 3.95. The molecule has 0 radical (unpaired) electrons. The Morgan fingerprint density at radius 1 is 1.91 bits per heavy atom. The lowest BCUT2D eigenvalue weighted by Crippen LogP contribution is -2.12. The van der Waals surface area contributed by atoms with E-state index in [0.29, 0.717) is 5.19 Å². The number of hydrogen-bond acceptors (Lipinski definition) is 5. The molecule has 0 saturated carbocycles. The smallest absolute Gasteiger partial charge is 0.273 e. The topological polar surface area (TPSA) is 68.4 Å². The summed E-state index contributed by atoms with van der Waals surface area (Å²) >= 11 is 1.35. The minimum atomic E-state index is -0.337. The van der Waals surface area contributed by atoms with Gasteiger partial charge in [-0.2, -0.15) is 0 Å². The van der Waals surface area contributed by atoms with Gasteiger partial charge in [0.15, 0.2) is 0 Å². The first kappa shape index (κ1) is 8.45. The van der Waals surface area contributed by atoms with E-state index < -0.39 is 0 Å². The molecule has 0 fully saturated rings. The van der Waals surface area contributed by atoms with Crippen molar-refractivity contribution in [3.05, 3.63) is 11.1 Å². The third-order valence-electron chi connectivity index (χ3n) is 1.24.